The number of carbonyl (C=O) groups excluding carboxylic acids is 1. The molecule has 0 spiro atoms. The molecule has 0 radical (unpaired) electrons. The van der Waals surface area contributed by atoms with E-state index in [2.05, 4.69) is 44.8 Å². The van der Waals surface area contributed by atoms with Crippen molar-refractivity contribution in [2.24, 2.45) is 0 Å². The van der Waals surface area contributed by atoms with Gasteiger partial charge in [0.1, 0.15) is 0 Å². The van der Waals surface area contributed by atoms with Crippen molar-refractivity contribution in [1.82, 2.24) is 25.2 Å². The van der Waals surface area contributed by atoms with Crippen LogP contribution in [-0.2, 0) is 22.6 Å². The number of ether oxygens (including phenoxy) is 2. The average Bonchev–Trinajstić information content (AvgIpc) is 3.19. The van der Waals surface area contributed by atoms with Gasteiger partial charge in [0.15, 0.2) is 12.0 Å². The first-order chi connectivity index (χ1) is 14.2. The molecule has 1 aromatic carbocycles. The third-order valence-corrected chi connectivity index (χ3v) is 4.98. The molecule has 1 aromatic heterocycles. The molecule has 2 aromatic rings. The second kappa shape index (κ2) is 11.0. The third-order valence-electron chi connectivity index (χ3n) is 4.98. The Bertz CT molecular complexity index is 738. The van der Waals surface area contributed by atoms with Gasteiger partial charge in [0.25, 0.3) is 5.91 Å². The van der Waals surface area contributed by atoms with Crippen LogP contribution in [-0.4, -0.2) is 64.4 Å². The summed E-state index contributed by atoms with van der Waals surface area (Å²) in [5, 5.41) is 11.1. The van der Waals surface area contributed by atoms with Crippen molar-refractivity contribution in [3.63, 3.8) is 0 Å². The predicted octanol–water partition coefficient (Wildman–Crippen LogP) is 2.07. The highest BCUT2D eigenvalue weighted by Crippen LogP contribution is 2.14. The van der Waals surface area contributed by atoms with Crippen molar-refractivity contribution in [2.45, 2.75) is 52.1 Å². The van der Waals surface area contributed by atoms with Crippen molar-refractivity contribution < 1.29 is 14.3 Å². The summed E-state index contributed by atoms with van der Waals surface area (Å²) >= 11 is 0. The van der Waals surface area contributed by atoms with E-state index in [-0.39, 0.29) is 11.9 Å². The maximum Gasteiger partial charge on any atom is 0.273 e. The maximum atomic E-state index is 12.5. The fourth-order valence-electron chi connectivity index (χ4n) is 3.51. The van der Waals surface area contributed by atoms with Gasteiger partial charge in [0, 0.05) is 38.9 Å². The summed E-state index contributed by atoms with van der Waals surface area (Å²) in [5.74, 6) is -0.179. The van der Waals surface area contributed by atoms with Crippen molar-refractivity contribution in [3.05, 3.63) is 47.8 Å². The van der Waals surface area contributed by atoms with Crippen LogP contribution in [0.25, 0.3) is 0 Å². The van der Waals surface area contributed by atoms with Crippen LogP contribution in [0.3, 0.4) is 0 Å². The van der Waals surface area contributed by atoms with E-state index in [9.17, 15) is 4.79 Å². The van der Waals surface area contributed by atoms with Crippen molar-refractivity contribution in [3.8, 4) is 0 Å². The van der Waals surface area contributed by atoms with E-state index in [1.807, 2.05) is 19.9 Å². The highest BCUT2D eigenvalue weighted by atomic mass is 16.7. The Morgan fingerprint density at radius 3 is 2.52 bits per heavy atom. The second-order valence-corrected chi connectivity index (χ2v) is 7.18. The Kier molecular flexibility index (Phi) is 8.15. The zero-order valence-corrected chi connectivity index (χ0v) is 17.3. The van der Waals surface area contributed by atoms with Crippen LogP contribution in [0.4, 0.5) is 0 Å². The topological polar surface area (TPSA) is 81.5 Å². The molecule has 0 atom stereocenters. The zero-order chi connectivity index (χ0) is 20.5. The Labute approximate surface area is 172 Å². The van der Waals surface area contributed by atoms with Gasteiger partial charge in [-0.25, -0.2) is 4.68 Å². The normalized spacial score (nSPS) is 15.7. The van der Waals surface area contributed by atoms with Crippen LogP contribution >= 0.6 is 0 Å². The van der Waals surface area contributed by atoms with Gasteiger partial charge < -0.3 is 14.8 Å². The Hall–Kier alpha value is -2.29. The van der Waals surface area contributed by atoms with E-state index in [0.717, 1.165) is 32.5 Å². The molecule has 1 aliphatic heterocycles. The highest BCUT2D eigenvalue weighted by Gasteiger charge is 2.22. The number of piperidine rings is 1. The number of amides is 1. The van der Waals surface area contributed by atoms with Gasteiger partial charge >= 0.3 is 0 Å². The number of hydrogen-bond donors (Lipinski definition) is 1. The van der Waals surface area contributed by atoms with E-state index in [1.165, 1.54) is 5.56 Å². The summed E-state index contributed by atoms with van der Waals surface area (Å²) in [5.41, 5.74) is 1.65. The lowest BCUT2D eigenvalue weighted by Crippen LogP contribution is -2.44. The minimum atomic E-state index is -0.392. The SMILES string of the molecule is CCOC(Cn1cc(C(=O)NC2CCN(Cc3ccccc3)CC2)nn1)OCC. The van der Waals surface area contributed by atoms with Crippen molar-refractivity contribution in [1.29, 1.82) is 0 Å². The quantitative estimate of drug-likeness (QED) is 0.614. The summed E-state index contributed by atoms with van der Waals surface area (Å²) in [6, 6.07) is 10.6. The molecule has 1 amide bonds. The summed E-state index contributed by atoms with van der Waals surface area (Å²) in [7, 11) is 0. The van der Waals surface area contributed by atoms with E-state index in [4.69, 9.17) is 9.47 Å². The van der Waals surface area contributed by atoms with Crippen LogP contribution in [0.5, 0.6) is 0 Å². The molecule has 29 heavy (non-hydrogen) atoms. The largest absolute Gasteiger partial charge is 0.351 e. The first kappa shape index (κ1) is 21.4. The molecule has 0 unspecified atom stereocenters. The lowest BCUT2D eigenvalue weighted by atomic mass is 10.0. The molecule has 1 fully saturated rings. The highest BCUT2D eigenvalue weighted by molar-refractivity contribution is 5.92. The maximum absolute atomic E-state index is 12.5. The fourth-order valence-corrected chi connectivity index (χ4v) is 3.51. The Morgan fingerprint density at radius 1 is 1.17 bits per heavy atom. The summed E-state index contributed by atoms with van der Waals surface area (Å²) in [4.78, 5) is 15.0. The molecule has 1 aliphatic rings. The molecule has 0 saturated carbocycles. The van der Waals surface area contributed by atoms with E-state index >= 15 is 0 Å². The zero-order valence-electron chi connectivity index (χ0n) is 17.3. The molecule has 1 N–H and O–H groups in total. The molecule has 3 rings (SSSR count). The van der Waals surface area contributed by atoms with Crippen LogP contribution in [0.15, 0.2) is 36.5 Å². The van der Waals surface area contributed by atoms with Gasteiger partial charge in [-0.15, -0.1) is 5.10 Å². The summed E-state index contributed by atoms with van der Waals surface area (Å²) in [6.07, 6.45) is 3.12. The molecule has 1 saturated heterocycles. The summed E-state index contributed by atoms with van der Waals surface area (Å²) in [6.45, 7) is 8.23. The van der Waals surface area contributed by atoms with Crippen molar-refractivity contribution >= 4 is 5.91 Å². The minimum Gasteiger partial charge on any atom is -0.351 e. The fraction of sp³-hybridized carbons (Fsp3) is 0.571. The first-order valence-corrected chi connectivity index (χ1v) is 10.4. The number of carbonyl (C=O) groups is 1. The lowest BCUT2D eigenvalue weighted by molar-refractivity contribution is -0.145. The van der Waals surface area contributed by atoms with Gasteiger partial charge in [-0.05, 0) is 32.3 Å². The number of nitrogens with one attached hydrogen (secondary N) is 1. The molecular weight excluding hydrogens is 370 g/mol. The van der Waals surface area contributed by atoms with Crippen LogP contribution in [0, 0.1) is 0 Å². The van der Waals surface area contributed by atoms with Gasteiger partial charge in [-0.3, -0.25) is 9.69 Å². The third kappa shape index (κ3) is 6.62. The molecule has 8 heteroatoms. The monoisotopic (exact) mass is 401 g/mol. The van der Waals surface area contributed by atoms with Crippen LogP contribution in [0.2, 0.25) is 0 Å². The Morgan fingerprint density at radius 2 is 1.86 bits per heavy atom. The van der Waals surface area contributed by atoms with Gasteiger partial charge in [0.05, 0.1) is 12.7 Å². The van der Waals surface area contributed by atoms with Gasteiger partial charge in [-0.2, -0.15) is 0 Å². The van der Waals surface area contributed by atoms with E-state index < -0.39 is 6.29 Å². The van der Waals surface area contributed by atoms with Gasteiger partial charge in [-0.1, -0.05) is 35.5 Å². The molecule has 158 valence electrons. The average molecular weight is 402 g/mol. The number of hydrogen-bond acceptors (Lipinski definition) is 6. The smallest absolute Gasteiger partial charge is 0.273 e. The number of benzene rings is 1. The lowest BCUT2D eigenvalue weighted by Gasteiger charge is -2.32. The van der Waals surface area contributed by atoms with Crippen LogP contribution < -0.4 is 5.32 Å². The van der Waals surface area contributed by atoms with Crippen molar-refractivity contribution in [2.75, 3.05) is 26.3 Å². The molecule has 2 heterocycles. The molecule has 8 nitrogen and oxygen atoms in total. The summed E-state index contributed by atoms with van der Waals surface area (Å²) < 4.78 is 12.6. The molecule has 0 bridgehead atoms. The number of rotatable bonds is 10. The number of nitrogens with zero attached hydrogens (tertiary/aromatic N) is 4. The van der Waals surface area contributed by atoms with E-state index in [0.29, 0.717) is 25.5 Å². The number of likely N-dealkylation sites (tertiary alicyclic amines) is 1. The number of aromatic nitrogens is 3. The Balaban J connectivity index is 1.44. The minimum absolute atomic E-state index is 0.166. The van der Waals surface area contributed by atoms with E-state index in [1.54, 1.807) is 10.9 Å². The molecular formula is C21H31N5O3. The standard InChI is InChI=1S/C21H31N5O3/c1-3-28-20(29-4-2)16-26-15-19(23-24-26)21(27)22-18-10-12-25(13-11-18)14-17-8-6-5-7-9-17/h5-9,15,18,20H,3-4,10-14,16H2,1-2H3,(H,22,27). The first-order valence-electron chi connectivity index (χ1n) is 10.4. The predicted molar refractivity (Wildman–Crippen MR) is 109 cm³/mol. The van der Waals surface area contributed by atoms with Crippen LogP contribution in [0.1, 0.15) is 42.7 Å². The van der Waals surface area contributed by atoms with Gasteiger partial charge in [0.2, 0.25) is 0 Å². The second-order valence-electron chi connectivity index (χ2n) is 7.18. The molecule has 0 aliphatic carbocycles.